The van der Waals surface area contributed by atoms with Crippen molar-refractivity contribution in [1.82, 2.24) is 5.43 Å². The third-order valence-corrected chi connectivity index (χ3v) is 3.99. The van der Waals surface area contributed by atoms with Gasteiger partial charge in [0.15, 0.2) is 0 Å². The van der Waals surface area contributed by atoms with E-state index in [0.29, 0.717) is 28.2 Å². The molecule has 2 aromatic rings. The van der Waals surface area contributed by atoms with Crippen molar-refractivity contribution in [3.8, 4) is 5.75 Å². The Morgan fingerprint density at radius 1 is 1.13 bits per heavy atom. The largest absolute Gasteiger partial charge is 0.493 e. The van der Waals surface area contributed by atoms with Gasteiger partial charge in [-0.15, -0.1) is 0 Å². The lowest BCUT2D eigenvalue weighted by molar-refractivity contribution is 0.317. The zero-order valence-corrected chi connectivity index (χ0v) is 14.9. The molecule has 0 atom stereocenters. The van der Waals surface area contributed by atoms with Crippen LogP contribution in [0.4, 0.5) is 0 Å². The van der Waals surface area contributed by atoms with E-state index in [1.54, 1.807) is 36.5 Å². The Balaban J connectivity index is 2.04. The van der Waals surface area contributed by atoms with E-state index in [1.165, 1.54) is 0 Å². The second kappa shape index (κ2) is 9.02. The zero-order valence-electron chi connectivity index (χ0n) is 12.7. The average Bonchev–Trinajstić information content (AvgIpc) is 2.53. The third-order valence-electron chi connectivity index (χ3n) is 3.05. The number of nitrogens with zero attached hydrogens (tertiary/aromatic N) is 1. The molecule has 0 aromatic heterocycles. The number of nitrogens with one attached hydrogen (secondary N) is 1. The fourth-order valence-electron chi connectivity index (χ4n) is 1.90. The van der Waals surface area contributed by atoms with Crippen LogP contribution in [-0.2, 0) is 6.54 Å². The highest BCUT2D eigenvalue weighted by molar-refractivity contribution is 6.36. The lowest BCUT2D eigenvalue weighted by atomic mass is 10.2. The first-order valence-corrected chi connectivity index (χ1v) is 8.36. The fraction of sp³-hybridized carbons (Fsp3) is 0.235. The van der Waals surface area contributed by atoms with Crippen molar-refractivity contribution in [2.24, 2.45) is 5.10 Å². The highest BCUT2D eigenvalue weighted by Crippen LogP contribution is 2.24. The minimum Gasteiger partial charge on any atom is -0.493 e. The SMILES string of the molecule is CCCOc1ccc(Cl)cc1/C=N/NCc1c(Cl)cccc1Cl. The summed E-state index contributed by atoms with van der Waals surface area (Å²) < 4.78 is 5.67. The molecule has 0 saturated carbocycles. The summed E-state index contributed by atoms with van der Waals surface area (Å²) in [4.78, 5) is 0. The van der Waals surface area contributed by atoms with Gasteiger partial charge in [0.1, 0.15) is 5.75 Å². The van der Waals surface area contributed by atoms with E-state index < -0.39 is 0 Å². The molecule has 6 heteroatoms. The minimum absolute atomic E-state index is 0.431. The molecular formula is C17H17Cl3N2O. The van der Waals surface area contributed by atoms with Crippen LogP contribution in [0.5, 0.6) is 5.75 Å². The number of benzene rings is 2. The second-order valence-electron chi connectivity index (χ2n) is 4.82. The van der Waals surface area contributed by atoms with Crippen LogP contribution in [0.1, 0.15) is 24.5 Å². The van der Waals surface area contributed by atoms with E-state index in [-0.39, 0.29) is 0 Å². The Kier molecular flexibility index (Phi) is 7.03. The van der Waals surface area contributed by atoms with Gasteiger partial charge in [0.2, 0.25) is 0 Å². The summed E-state index contributed by atoms with van der Waals surface area (Å²) in [5, 5.41) is 6.04. The van der Waals surface area contributed by atoms with Crippen molar-refractivity contribution >= 4 is 41.0 Å². The highest BCUT2D eigenvalue weighted by atomic mass is 35.5. The van der Waals surface area contributed by atoms with Crippen LogP contribution in [0.3, 0.4) is 0 Å². The molecule has 3 nitrogen and oxygen atoms in total. The number of rotatable bonds is 7. The quantitative estimate of drug-likeness (QED) is 0.510. The van der Waals surface area contributed by atoms with E-state index in [9.17, 15) is 0 Å². The Labute approximate surface area is 151 Å². The van der Waals surface area contributed by atoms with Crippen LogP contribution in [0.15, 0.2) is 41.5 Å². The van der Waals surface area contributed by atoms with Gasteiger partial charge >= 0.3 is 0 Å². The number of hydrogen-bond donors (Lipinski definition) is 1. The predicted octanol–water partition coefficient (Wildman–Crippen LogP) is 5.56. The Hall–Kier alpha value is -1.42. The first-order valence-electron chi connectivity index (χ1n) is 7.23. The minimum atomic E-state index is 0.431. The van der Waals surface area contributed by atoms with E-state index >= 15 is 0 Å². The van der Waals surface area contributed by atoms with Crippen LogP contribution in [-0.4, -0.2) is 12.8 Å². The summed E-state index contributed by atoms with van der Waals surface area (Å²) >= 11 is 18.3. The lowest BCUT2D eigenvalue weighted by Gasteiger charge is -2.09. The van der Waals surface area contributed by atoms with Crippen molar-refractivity contribution in [2.45, 2.75) is 19.9 Å². The van der Waals surface area contributed by atoms with Crippen molar-refractivity contribution in [2.75, 3.05) is 6.61 Å². The first-order chi connectivity index (χ1) is 11.1. The van der Waals surface area contributed by atoms with Crippen LogP contribution < -0.4 is 10.2 Å². The Morgan fingerprint density at radius 3 is 2.57 bits per heavy atom. The molecule has 0 aliphatic rings. The molecule has 0 fully saturated rings. The smallest absolute Gasteiger partial charge is 0.128 e. The summed E-state index contributed by atoms with van der Waals surface area (Å²) in [7, 11) is 0. The number of hydrazone groups is 1. The standard InChI is InChI=1S/C17H17Cl3N2O/c1-2-8-23-17-7-6-13(18)9-12(17)10-21-22-11-14-15(19)4-3-5-16(14)20/h3-7,9-10,22H,2,8,11H2,1H3/b21-10+. The Morgan fingerprint density at radius 2 is 1.87 bits per heavy atom. The molecule has 0 amide bonds. The second-order valence-corrected chi connectivity index (χ2v) is 6.07. The number of hydrogen-bond acceptors (Lipinski definition) is 3. The van der Waals surface area contributed by atoms with Crippen molar-refractivity contribution in [3.63, 3.8) is 0 Å². The fourth-order valence-corrected chi connectivity index (χ4v) is 2.62. The van der Waals surface area contributed by atoms with E-state index in [0.717, 1.165) is 23.3 Å². The zero-order chi connectivity index (χ0) is 16.7. The van der Waals surface area contributed by atoms with Crippen LogP contribution in [0, 0.1) is 0 Å². The molecule has 2 aromatic carbocycles. The molecule has 0 heterocycles. The summed E-state index contributed by atoms with van der Waals surface area (Å²) in [6.45, 7) is 3.13. The van der Waals surface area contributed by atoms with Gasteiger partial charge in [0.05, 0.1) is 19.4 Å². The summed E-state index contributed by atoms with van der Waals surface area (Å²) in [6.07, 6.45) is 2.60. The van der Waals surface area contributed by atoms with Crippen molar-refractivity contribution < 1.29 is 4.74 Å². The summed E-state index contributed by atoms with van der Waals surface area (Å²) in [5.41, 5.74) is 4.55. The van der Waals surface area contributed by atoms with E-state index in [1.807, 2.05) is 6.07 Å². The van der Waals surface area contributed by atoms with Crippen LogP contribution >= 0.6 is 34.8 Å². The van der Waals surface area contributed by atoms with Crippen molar-refractivity contribution in [1.29, 1.82) is 0 Å². The molecule has 0 saturated heterocycles. The average molecular weight is 372 g/mol. The molecule has 0 unspecified atom stereocenters. The van der Waals surface area contributed by atoms with Gasteiger partial charge < -0.3 is 10.2 Å². The summed E-state index contributed by atoms with van der Waals surface area (Å²) in [5.74, 6) is 0.748. The molecular weight excluding hydrogens is 355 g/mol. The molecule has 1 N–H and O–H groups in total. The summed E-state index contributed by atoms with van der Waals surface area (Å²) in [6, 6.07) is 10.8. The highest BCUT2D eigenvalue weighted by Gasteiger charge is 2.05. The van der Waals surface area contributed by atoms with E-state index in [2.05, 4.69) is 17.5 Å². The van der Waals surface area contributed by atoms with Crippen molar-refractivity contribution in [3.05, 3.63) is 62.6 Å². The lowest BCUT2D eigenvalue weighted by Crippen LogP contribution is -2.07. The third kappa shape index (κ3) is 5.31. The van der Waals surface area contributed by atoms with Gasteiger partial charge in [-0.05, 0) is 36.8 Å². The molecule has 0 bridgehead atoms. The van der Waals surface area contributed by atoms with Gasteiger partial charge in [-0.3, -0.25) is 0 Å². The maximum absolute atomic E-state index is 6.11. The monoisotopic (exact) mass is 370 g/mol. The Bertz CT molecular complexity index is 669. The van der Waals surface area contributed by atoms with Gasteiger partial charge in [0.25, 0.3) is 0 Å². The van der Waals surface area contributed by atoms with E-state index in [4.69, 9.17) is 39.5 Å². The number of ether oxygens (including phenoxy) is 1. The molecule has 0 radical (unpaired) electrons. The molecule has 2 rings (SSSR count). The van der Waals surface area contributed by atoms with Gasteiger partial charge in [-0.25, -0.2) is 0 Å². The molecule has 0 aliphatic heterocycles. The normalized spacial score (nSPS) is 11.0. The molecule has 0 spiro atoms. The van der Waals surface area contributed by atoms with Crippen LogP contribution in [0.25, 0.3) is 0 Å². The van der Waals surface area contributed by atoms with Gasteiger partial charge in [-0.2, -0.15) is 5.10 Å². The number of halogens is 3. The van der Waals surface area contributed by atoms with Crippen LogP contribution in [0.2, 0.25) is 15.1 Å². The van der Waals surface area contributed by atoms with Gasteiger partial charge in [0, 0.05) is 26.2 Å². The topological polar surface area (TPSA) is 33.6 Å². The first kappa shape index (κ1) is 17.9. The maximum atomic E-state index is 6.11. The molecule has 122 valence electrons. The maximum Gasteiger partial charge on any atom is 0.128 e. The predicted molar refractivity (Wildman–Crippen MR) is 98.1 cm³/mol. The van der Waals surface area contributed by atoms with Gasteiger partial charge in [-0.1, -0.05) is 47.8 Å². The molecule has 23 heavy (non-hydrogen) atoms. The molecule has 0 aliphatic carbocycles.